The first-order valence-corrected chi connectivity index (χ1v) is 6.22. The molecular weight excluding hydrogens is 252 g/mol. The second-order valence-electron chi connectivity index (χ2n) is 3.82. The Balaban J connectivity index is 2.36. The van der Waals surface area contributed by atoms with Crippen LogP contribution in [0, 0.1) is 22.7 Å². The number of nitrogens with one attached hydrogen (secondary N) is 2. The van der Waals surface area contributed by atoms with Gasteiger partial charge >= 0.3 is 0 Å². The lowest BCUT2D eigenvalue weighted by molar-refractivity contribution is 0.750. The fourth-order valence-corrected chi connectivity index (χ4v) is 1.26. The van der Waals surface area contributed by atoms with Gasteiger partial charge in [-0.05, 0) is 11.1 Å². The largest absolute Gasteiger partial charge is 0.309 e. The maximum atomic E-state index is 8.36. The molecule has 1 aromatic carbocycles. The Morgan fingerprint density at radius 2 is 1.25 bits per heavy atom. The lowest BCUT2D eigenvalue weighted by atomic mass is 10.2. The third kappa shape index (κ3) is 6.77. The van der Waals surface area contributed by atoms with Crippen molar-refractivity contribution in [2.24, 2.45) is 10.2 Å². The Morgan fingerprint density at radius 1 is 0.850 bits per heavy atom. The van der Waals surface area contributed by atoms with Gasteiger partial charge < -0.3 is 10.9 Å². The van der Waals surface area contributed by atoms with E-state index in [1.807, 2.05) is 36.4 Å². The number of hydrazone groups is 2. The van der Waals surface area contributed by atoms with Crippen molar-refractivity contribution in [3.63, 3.8) is 0 Å². The zero-order chi connectivity index (χ0) is 14.5. The molecule has 0 saturated heterocycles. The summed E-state index contributed by atoms with van der Waals surface area (Å²) in [5.41, 5.74) is 7.50. The number of benzene rings is 1. The van der Waals surface area contributed by atoms with E-state index in [0.717, 1.165) is 11.1 Å². The molecule has 2 N–H and O–H groups in total. The van der Waals surface area contributed by atoms with Crippen molar-refractivity contribution in [1.29, 1.82) is 10.5 Å². The summed E-state index contributed by atoms with van der Waals surface area (Å²) in [7, 11) is 0. The Labute approximate surface area is 118 Å². The van der Waals surface area contributed by atoms with Gasteiger partial charge in [0.15, 0.2) is 0 Å². The summed E-state index contributed by atoms with van der Waals surface area (Å²) in [6, 6.07) is 11.8. The quantitative estimate of drug-likeness (QED) is 0.422. The Morgan fingerprint density at radius 3 is 1.60 bits per heavy atom. The van der Waals surface area contributed by atoms with Crippen molar-refractivity contribution in [1.82, 2.24) is 10.9 Å². The van der Waals surface area contributed by atoms with Crippen LogP contribution in [0.4, 0.5) is 0 Å². The molecule has 0 aromatic heterocycles. The van der Waals surface area contributed by atoms with E-state index in [0.29, 0.717) is 25.9 Å². The average Bonchev–Trinajstić information content (AvgIpc) is 2.48. The summed E-state index contributed by atoms with van der Waals surface area (Å²) >= 11 is 0. The summed E-state index contributed by atoms with van der Waals surface area (Å²) in [5, 5.41) is 24.7. The second-order valence-corrected chi connectivity index (χ2v) is 3.82. The van der Waals surface area contributed by atoms with Crippen LogP contribution < -0.4 is 10.9 Å². The highest BCUT2D eigenvalue weighted by atomic mass is 15.3. The van der Waals surface area contributed by atoms with Crippen molar-refractivity contribution in [2.45, 2.75) is 12.8 Å². The van der Waals surface area contributed by atoms with Crippen LogP contribution in [0.25, 0.3) is 0 Å². The Kier molecular flexibility index (Phi) is 7.67. The third-order valence-electron chi connectivity index (χ3n) is 2.24. The van der Waals surface area contributed by atoms with Crippen LogP contribution in [-0.4, -0.2) is 25.5 Å². The molecular formula is C14H16N6. The molecule has 0 unspecified atom stereocenters. The van der Waals surface area contributed by atoms with Crippen LogP contribution in [0.2, 0.25) is 0 Å². The van der Waals surface area contributed by atoms with Gasteiger partial charge in [-0.2, -0.15) is 20.7 Å². The molecule has 1 rings (SSSR count). The first kappa shape index (κ1) is 15.2. The van der Waals surface area contributed by atoms with Gasteiger partial charge in [0.05, 0.1) is 37.4 Å². The van der Waals surface area contributed by atoms with Crippen LogP contribution in [0.1, 0.15) is 24.0 Å². The van der Waals surface area contributed by atoms with E-state index >= 15 is 0 Å². The topological polar surface area (TPSA) is 96.4 Å². The van der Waals surface area contributed by atoms with Crippen LogP contribution in [-0.2, 0) is 0 Å². The summed E-state index contributed by atoms with van der Waals surface area (Å²) in [6.45, 7) is 1.10. The van der Waals surface area contributed by atoms with Crippen molar-refractivity contribution >= 4 is 12.4 Å². The number of nitriles is 2. The lowest BCUT2D eigenvalue weighted by Gasteiger charge is -1.97. The monoisotopic (exact) mass is 268 g/mol. The van der Waals surface area contributed by atoms with E-state index < -0.39 is 0 Å². The molecule has 0 fully saturated rings. The molecule has 0 bridgehead atoms. The summed E-state index contributed by atoms with van der Waals surface area (Å²) in [6.07, 6.45) is 4.27. The van der Waals surface area contributed by atoms with Crippen LogP contribution in [0.5, 0.6) is 0 Å². The number of nitrogens with zero attached hydrogens (tertiary/aromatic N) is 4. The minimum absolute atomic E-state index is 0.436. The molecule has 102 valence electrons. The smallest absolute Gasteiger partial charge is 0.0640 e. The minimum Gasteiger partial charge on any atom is -0.309 e. The fourth-order valence-electron chi connectivity index (χ4n) is 1.26. The van der Waals surface area contributed by atoms with Crippen LogP contribution >= 0.6 is 0 Å². The summed E-state index contributed by atoms with van der Waals surface area (Å²) < 4.78 is 0. The molecule has 1 aromatic rings. The first-order valence-electron chi connectivity index (χ1n) is 6.22. The zero-order valence-electron chi connectivity index (χ0n) is 11.1. The molecule has 0 aliphatic carbocycles. The third-order valence-corrected chi connectivity index (χ3v) is 2.24. The molecule has 0 heterocycles. The Hall–Kier alpha value is -2.86. The van der Waals surface area contributed by atoms with E-state index in [1.165, 1.54) is 0 Å². The normalized spacial score (nSPS) is 10.3. The lowest BCUT2D eigenvalue weighted by Crippen LogP contribution is -2.07. The molecule has 0 saturated carbocycles. The fraction of sp³-hybridized carbons (Fsp3) is 0.286. The molecule has 0 aliphatic rings. The van der Waals surface area contributed by atoms with Crippen molar-refractivity contribution in [3.8, 4) is 12.1 Å². The van der Waals surface area contributed by atoms with Gasteiger partial charge in [0.25, 0.3) is 0 Å². The average molecular weight is 268 g/mol. The molecule has 6 heteroatoms. The highest BCUT2D eigenvalue weighted by molar-refractivity contribution is 5.83. The van der Waals surface area contributed by atoms with Gasteiger partial charge in [-0.3, -0.25) is 0 Å². The second kappa shape index (κ2) is 10.1. The van der Waals surface area contributed by atoms with Gasteiger partial charge in [-0.25, -0.2) is 0 Å². The Bertz CT molecular complexity index is 469. The predicted molar refractivity (Wildman–Crippen MR) is 78.1 cm³/mol. The summed E-state index contributed by atoms with van der Waals surface area (Å²) in [4.78, 5) is 0. The molecule has 0 radical (unpaired) electrons. The van der Waals surface area contributed by atoms with Crippen molar-refractivity contribution in [3.05, 3.63) is 35.4 Å². The van der Waals surface area contributed by atoms with Crippen molar-refractivity contribution in [2.75, 3.05) is 13.1 Å². The molecule has 0 spiro atoms. The predicted octanol–water partition coefficient (Wildman–Crippen LogP) is 1.36. The highest BCUT2D eigenvalue weighted by Crippen LogP contribution is 1.99. The molecule has 20 heavy (non-hydrogen) atoms. The molecule has 0 amide bonds. The molecule has 0 atom stereocenters. The van der Waals surface area contributed by atoms with Crippen LogP contribution in [0.15, 0.2) is 34.5 Å². The summed E-state index contributed by atoms with van der Waals surface area (Å²) in [5.74, 6) is 0. The maximum absolute atomic E-state index is 8.36. The molecule has 6 nitrogen and oxygen atoms in total. The molecule has 0 aliphatic heterocycles. The van der Waals surface area contributed by atoms with E-state index in [9.17, 15) is 0 Å². The van der Waals surface area contributed by atoms with Gasteiger partial charge in [0.2, 0.25) is 0 Å². The number of hydrogen-bond acceptors (Lipinski definition) is 6. The minimum atomic E-state index is 0.436. The number of hydrogen-bond donors (Lipinski definition) is 2. The van der Waals surface area contributed by atoms with Crippen molar-refractivity contribution < 1.29 is 0 Å². The van der Waals surface area contributed by atoms with E-state index in [2.05, 4.69) is 21.1 Å². The first-order chi connectivity index (χ1) is 9.86. The van der Waals surface area contributed by atoms with Crippen LogP contribution in [0.3, 0.4) is 0 Å². The standard InChI is InChI=1S/C14H16N6/c15-7-1-9-17-19-11-13-3-5-14(6-4-13)12-20-18-10-2-8-16/h3-6,11-12,17-18H,1-2,9-10H2. The van der Waals surface area contributed by atoms with Gasteiger partial charge in [-0.15, -0.1) is 0 Å². The van der Waals surface area contributed by atoms with E-state index in [-0.39, 0.29) is 0 Å². The van der Waals surface area contributed by atoms with Gasteiger partial charge in [-0.1, -0.05) is 24.3 Å². The number of rotatable bonds is 8. The van der Waals surface area contributed by atoms with Gasteiger partial charge in [0.1, 0.15) is 0 Å². The van der Waals surface area contributed by atoms with Gasteiger partial charge in [0, 0.05) is 13.1 Å². The highest BCUT2D eigenvalue weighted by Gasteiger charge is 1.90. The van der Waals surface area contributed by atoms with E-state index in [4.69, 9.17) is 10.5 Å². The van der Waals surface area contributed by atoms with E-state index in [1.54, 1.807) is 12.4 Å². The zero-order valence-corrected chi connectivity index (χ0v) is 11.1. The maximum Gasteiger partial charge on any atom is 0.0640 e. The SMILES string of the molecule is N#CCCNN=Cc1ccc(C=NNCCC#N)cc1.